The zero-order valence-electron chi connectivity index (χ0n) is 14.3. The molecule has 4 nitrogen and oxygen atoms in total. The van der Waals surface area contributed by atoms with Crippen molar-refractivity contribution in [1.29, 1.82) is 0 Å². The number of amides is 1. The van der Waals surface area contributed by atoms with Crippen molar-refractivity contribution in [1.82, 2.24) is 5.32 Å². The number of benzene rings is 1. The summed E-state index contributed by atoms with van der Waals surface area (Å²) in [6, 6.07) is 5.93. The van der Waals surface area contributed by atoms with Gasteiger partial charge in [0.25, 0.3) is 5.91 Å². The fourth-order valence-corrected chi connectivity index (χ4v) is 3.53. The number of hydrogen-bond acceptors (Lipinski definition) is 2. The Bertz CT molecular complexity index is 536. The van der Waals surface area contributed by atoms with Crippen molar-refractivity contribution in [3.63, 3.8) is 0 Å². The second-order valence-corrected chi connectivity index (χ2v) is 7.14. The molecule has 0 spiro atoms. The molecule has 3 atom stereocenters. The van der Waals surface area contributed by atoms with Gasteiger partial charge in [0, 0.05) is 16.6 Å². The molecule has 0 aromatic heterocycles. The normalized spacial score (nSPS) is 22.4. The molecule has 0 radical (unpaired) electrons. The third-order valence-corrected chi connectivity index (χ3v) is 4.89. The molecule has 2 rings (SSSR count). The van der Waals surface area contributed by atoms with E-state index < -0.39 is 0 Å². The Kier molecular flexibility index (Phi) is 6.72. The molecule has 1 unspecified atom stereocenters. The fraction of sp³-hybridized carbons (Fsp3) is 0.611. The molecule has 1 aliphatic carbocycles. The minimum Gasteiger partial charge on any atom is -0.496 e. The number of carbonyl (C=O) groups is 1. The maximum Gasteiger partial charge on any atom is 0.275 e. The van der Waals surface area contributed by atoms with Gasteiger partial charge < -0.3 is 15.0 Å². The molecule has 2 N–H and O–H groups in total. The number of halogens is 1. The molecule has 1 amide bonds. The lowest BCUT2D eigenvalue weighted by atomic mass is 9.86. The predicted molar refractivity (Wildman–Crippen MR) is 93.0 cm³/mol. The second-order valence-electron chi connectivity index (χ2n) is 6.70. The van der Waals surface area contributed by atoms with Crippen LogP contribution in [0.2, 0.25) is 5.02 Å². The Hall–Kier alpha value is -1.26. The number of nitrogens with one attached hydrogen (secondary N) is 2. The highest BCUT2D eigenvalue weighted by Crippen LogP contribution is 2.23. The number of quaternary nitrogens is 1. The molecule has 1 aliphatic rings. The van der Waals surface area contributed by atoms with Crippen molar-refractivity contribution in [2.24, 2.45) is 5.92 Å². The Morgan fingerprint density at radius 1 is 1.39 bits per heavy atom. The van der Waals surface area contributed by atoms with Gasteiger partial charge in [-0.25, -0.2) is 0 Å². The van der Waals surface area contributed by atoms with Gasteiger partial charge in [0.2, 0.25) is 0 Å². The van der Waals surface area contributed by atoms with Gasteiger partial charge in [-0.1, -0.05) is 31.4 Å². The van der Waals surface area contributed by atoms with E-state index in [-0.39, 0.29) is 5.91 Å². The maximum absolute atomic E-state index is 12.3. The third kappa shape index (κ3) is 5.40. The van der Waals surface area contributed by atoms with Gasteiger partial charge in [0.05, 0.1) is 14.2 Å². The predicted octanol–water partition coefficient (Wildman–Crippen LogP) is 2.06. The summed E-state index contributed by atoms with van der Waals surface area (Å²) in [5, 5.41) is 3.90. The lowest BCUT2D eigenvalue weighted by Gasteiger charge is -2.29. The molecule has 0 heterocycles. The lowest BCUT2D eigenvalue weighted by Crippen LogP contribution is -3.09. The minimum absolute atomic E-state index is 0.127. The van der Waals surface area contributed by atoms with Crippen molar-refractivity contribution >= 4 is 17.5 Å². The topological polar surface area (TPSA) is 42.8 Å². The summed E-state index contributed by atoms with van der Waals surface area (Å²) in [6.45, 7) is 3.40. The average molecular weight is 340 g/mol. The zero-order valence-corrected chi connectivity index (χ0v) is 15.1. The molecule has 5 heteroatoms. The van der Waals surface area contributed by atoms with Crippen LogP contribution in [0.5, 0.6) is 5.75 Å². The summed E-state index contributed by atoms with van der Waals surface area (Å²) < 4.78 is 5.37. The molecule has 0 saturated heterocycles. The Balaban J connectivity index is 1.87. The number of hydrogen-bond donors (Lipinski definition) is 2. The van der Waals surface area contributed by atoms with Gasteiger partial charge in [0.1, 0.15) is 12.3 Å². The van der Waals surface area contributed by atoms with Gasteiger partial charge >= 0.3 is 0 Å². The Morgan fingerprint density at radius 3 is 2.83 bits per heavy atom. The van der Waals surface area contributed by atoms with Crippen LogP contribution in [0.3, 0.4) is 0 Å². The van der Waals surface area contributed by atoms with Gasteiger partial charge in [-0.15, -0.1) is 0 Å². The molecule has 128 valence electrons. The van der Waals surface area contributed by atoms with Crippen molar-refractivity contribution < 1.29 is 14.4 Å². The third-order valence-electron chi connectivity index (χ3n) is 4.65. The molecule has 0 aliphatic heterocycles. The minimum atomic E-state index is 0.127. The summed E-state index contributed by atoms with van der Waals surface area (Å²) in [7, 11) is 3.67. The average Bonchev–Trinajstić information content (AvgIpc) is 2.49. The molecule has 1 fully saturated rings. The summed E-state index contributed by atoms with van der Waals surface area (Å²) >= 11 is 6.06. The van der Waals surface area contributed by atoms with Gasteiger partial charge in [0.15, 0.2) is 6.54 Å². The van der Waals surface area contributed by atoms with E-state index >= 15 is 0 Å². The van der Waals surface area contributed by atoms with Gasteiger partial charge in [-0.05, 0) is 37.0 Å². The standard InChI is InChI=1S/C18H27ClN2O2/c1-13-6-4-5-7-16(13)20-18(22)12-21(2)11-14-10-15(19)8-9-17(14)23-3/h8-10,13,16H,4-7,11-12H2,1-3H3,(H,20,22)/p+1/t13-,16+/m0/s1. The molecule has 0 bridgehead atoms. The quantitative estimate of drug-likeness (QED) is 0.833. The van der Waals surface area contributed by atoms with Gasteiger partial charge in [-0.3, -0.25) is 4.79 Å². The fourth-order valence-electron chi connectivity index (χ4n) is 3.34. The van der Waals surface area contributed by atoms with Crippen molar-refractivity contribution in [3.8, 4) is 5.75 Å². The highest BCUT2D eigenvalue weighted by molar-refractivity contribution is 6.30. The van der Waals surface area contributed by atoms with Crippen molar-refractivity contribution in [3.05, 3.63) is 28.8 Å². The van der Waals surface area contributed by atoms with E-state index in [1.807, 2.05) is 25.2 Å². The molecule has 23 heavy (non-hydrogen) atoms. The van der Waals surface area contributed by atoms with Crippen LogP contribution in [0.15, 0.2) is 18.2 Å². The van der Waals surface area contributed by atoms with Crippen LogP contribution in [0.25, 0.3) is 0 Å². The van der Waals surface area contributed by atoms with E-state index in [4.69, 9.17) is 16.3 Å². The lowest BCUT2D eigenvalue weighted by molar-refractivity contribution is -0.885. The van der Waals surface area contributed by atoms with E-state index in [0.717, 1.165) is 22.6 Å². The van der Waals surface area contributed by atoms with Crippen LogP contribution < -0.4 is 15.0 Å². The smallest absolute Gasteiger partial charge is 0.275 e. The summed E-state index contributed by atoms with van der Waals surface area (Å²) in [6.07, 6.45) is 4.83. The number of likely N-dealkylation sites (N-methyl/N-ethyl adjacent to an activating group) is 1. The number of methoxy groups -OCH3 is 1. The first kappa shape index (κ1) is 18.1. The number of ether oxygens (including phenoxy) is 1. The summed E-state index contributed by atoms with van der Waals surface area (Å²) in [5.74, 6) is 1.53. The molecule has 1 aromatic carbocycles. The van der Waals surface area contributed by atoms with Gasteiger partial charge in [-0.2, -0.15) is 0 Å². The summed E-state index contributed by atoms with van der Waals surface area (Å²) in [5.41, 5.74) is 1.02. The van der Waals surface area contributed by atoms with Crippen LogP contribution in [0, 0.1) is 5.92 Å². The second kappa shape index (κ2) is 8.55. The number of rotatable bonds is 6. The highest BCUT2D eigenvalue weighted by Gasteiger charge is 2.24. The highest BCUT2D eigenvalue weighted by atomic mass is 35.5. The van der Waals surface area contributed by atoms with Crippen molar-refractivity contribution in [2.75, 3.05) is 20.7 Å². The van der Waals surface area contributed by atoms with E-state index in [2.05, 4.69) is 12.2 Å². The Morgan fingerprint density at radius 2 is 2.13 bits per heavy atom. The van der Waals surface area contributed by atoms with E-state index in [1.54, 1.807) is 7.11 Å². The first-order valence-corrected chi connectivity index (χ1v) is 8.80. The maximum atomic E-state index is 12.3. The van der Waals surface area contributed by atoms with Crippen LogP contribution in [-0.4, -0.2) is 32.7 Å². The summed E-state index contributed by atoms with van der Waals surface area (Å²) in [4.78, 5) is 13.4. The first-order valence-electron chi connectivity index (χ1n) is 8.42. The van der Waals surface area contributed by atoms with Crippen LogP contribution in [-0.2, 0) is 11.3 Å². The monoisotopic (exact) mass is 339 g/mol. The Labute approximate surface area is 144 Å². The largest absolute Gasteiger partial charge is 0.496 e. The zero-order chi connectivity index (χ0) is 16.8. The van der Waals surface area contributed by atoms with Crippen LogP contribution in [0.4, 0.5) is 0 Å². The molecular formula is C18H28ClN2O2+. The SMILES string of the molecule is COc1ccc(Cl)cc1C[NH+](C)CC(=O)N[C@@H]1CCCC[C@@H]1C. The van der Waals surface area contributed by atoms with E-state index in [1.165, 1.54) is 19.3 Å². The van der Waals surface area contributed by atoms with Crippen LogP contribution in [0.1, 0.15) is 38.2 Å². The molecule has 1 saturated carbocycles. The molecule has 1 aromatic rings. The van der Waals surface area contributed by atoms with E-state index in [9.17, 15) is 4.79 Å². The number of carbonyl (C=O) groups excluding carboxylic acids is 1. The van der Waals surface area contributed by atoms with E-state index in [0.29, 0.717) is 30.1 Å². The van der Waals surface area contributed by atoms with Crippen molar-refractivity contribution in [2.45, 2.75) is 45.2 Å². The van der Waals surface area contributed by atoms with Crippen LogP contribution >= 0.6 is 11.6 Å². The molecular weight excluding hydrogens is 312 g/mol. The first-order chi connectivity index (χ1) is 11.0.